The van der Waals surface area contributed by atoms with Crippen molar-refractivity contribution >= 4 is 11.9 Å². The van der Waals surface area contributed by atoms with Crippen LogP contribution in [0.15, 0.2) is 30.3 Å². The van der Waals surface area contributed by atoms with Crippen molar-refractivity contribution < 1.29 is 14.7 Å². The molecule has 1 amide bonds. The lowest BCUT2D eigenvalue weighted by Gasteiger charge is -2.26. The summed E-state index contributed by atoms with van der Waals surface area (Å²) in [6.45, 7) is 0.482. The van der Waals surface area contributed by atoms with Crippen LogP contribution >= 0.6 is 0 Å². The third-order valence-corrected chi connectivity index (χ3v) is 3.56. The predicted molar refractivity (Wildman–Crippen MR) is 70.5 cm³/mol. The van der Waals surface area contributed by atoms with Crippen LogP contribution in [-0.4, -0.2) is 41.0 Å². The molecule has 5 nitrogen and oxygen atoms in total. The Morgan fingerprint density at radius 2 is 1.89 bits per heavy atom. The SMILES string of the molecule is CNC(=O)[C@H]1CC[C@@H](C(=O)O)N1Cc1ccccc1. The summed E-state index contributed by atoms with van der Waals surface area (Å²) in [5, 5.41) is 11.9. The highest BCUT2D eigenvalue weighted by atomic mass is 16.4. The summed E-state index contributed by atoms with van der Waals surface area (Å²) in [7, 11) is 1.58. The van der Waals surface area contributed by atoms with E-state index in [1.165, 1.54) is 0 Å². The van der Waals surface area contributed by atoms with Gasteiger partial charge < -0.3 is 10.4 Å². The first-order valence-electron chi connectivity index (χ1n) is 6.37. The van der Waals surface area contributed by atoms with Gasteiger partial charge in [0.1, 0.15) is 6.04 Å². The fourth-order valence-corrected chi connectivity index (χ4v) is 2.59. The Morgan fingerprint density at radius 3 is 2.47 bits per heavy atom. The molecule has 19 heavy (non-hydrogen) atoms. The molecule has 0 radical (unpaired) electrons. The summed E-state index contributed by atoms with van der Waals surface area (Å²) in [6, 6.07) is 8.69. The van der Waals surface area contributed by atoms with E-state index in [2.05, 4.69) is 5.32 Å². The second-order valence-electron chi connectivity index (χ2n) is 4.72. The van der Waals surface area contributed by atoms with Crippen LogP contribution in [0.2, 0.25) is 0 Å². The van der Waals surface area contributed by atoms with Crippen molar-refractivity contribution in [1.29, 1.82) is 0 Å². The van der Waals surface area contributed by atoms with Gasteiger partial charge in [0.2, 0.25) is 5.91 Å². The number of nitrogens with zero attached hydrogens (tertiary/aromatic N) is 1. The first-order chi connectivity index (χ1) is 9.13. The molecule has 0 saturated carbocycles. The maximum absolute atomic E-state index is 11.8. The van der Waals surface area contributed by atoms with Crippen molar-refractivity contribution in [1.82, 2.24) is 10.2 Å². The fourth-order valence-electron chi connectivity index (χ4n) is 2.59. The lowest BCUT2D eigenvalue weighted by molar-refractivity contribution is -0.143. The Kier molecular flexibility index (Phi) is 4.16. The molecule has 2 rings (SSSR count). The van der Waals surface area contributed by atoms with Crippen molar-refractivity contribution in [2.75, 3.05) is 7.05 Å². The van der Waals surface area contributed by atoms with Crippen molar-refractivity contribution in [3.8, 4) is 0 Å². The smallest absolute Gasteiger partial charge is 0.320 e. The van der Waals surface area contributed by atoms with Crippen molar-refractivity contribution in [2.45, 2.75) is 31.5 Å². The van der Waals surface area contributed by atoms with Crippen LogP contribution in [-0.2, 0) is 16.1 Å². The molecule has 2 N–H and O–H groups in total. The second kappa shape index (κ2) is 5.84. The number of likely N-dealkylation sites (tertiary alicyclic amines) is 1. The second-order valence-corrected chi connectivity index (χ2v) is 4.72. The van der Waals surface area contributed by atoms with Gasteiger partial charge in [0, 0.05) is 13.6 Å². The van der Waals surface area contributed by atoms with E-state index in [-0.39, 0.29) is 11.9 Å². The summed E-state index contributed by atoms with van der Waals surface area (Å²) < 4.78 is 0. The van der Waals surface area contributed by atoms with Crippen molar-refractivity contribution in [3.63, 3.8) is 0 Å². The number of nitrogens with one attached hydrogen (secondary N) is 1. The van der Waals surface area contributed by atoms with Crippen LogP contribution in [0.4, 0.5) is 0 Å². The van der Waals surface area contributed by atoms with E-state index in [1.54, 1.807) is 11.9 Å². The Bertz CT molecular complexity index is 461. The van der Waals surface area contributed by atoms with Crippen LogP contribution in [0.5, 0.6) is 0 Å². The molecule has 1 aromatic rings. The topological polar surface area (TPSA) is 69.6 Å². The van der Waals surface area contributed by atoms with Gasteiger partial charge in [0.05, 0.1) is 6.04 Å². The molecular formula is C14H18N2O3. The number of carboxylic acids is 1. The normalized spacial score (nSPS) is 23.2. The molecule has 0 aliphatic carbocycles. The average molecular weight is 262 g/mol. The van der Waals surface area contributed by atoms with E-state index < -0.39 is 12.0 Å². The molecule has 1 saturated heterocycles. The van der Waals surface area contributed by atoms with Gasteiger partial charge in [-0.05, 0) is 18.4 Å². The minimum atomic E-state index is -0.859. The lowest BCUT2D eigenvalue weighted by atomic mass is 10.1. The van der Waals surface area contributed by atoms with Gasteiger partial charge in [-0.15, -0.1) is 0 Å². The molecule has 2 atom stereocenters. The van der Waals surface area contributed by atoms with E-state index in [0.717, 1.165) is 5.56 Å². The van der Waals surface area contributed by atoms with E-state index in [4.69, 9.17) is 0 Å². The molecule has 0 bridgehead atoms. The Balaban J connectivity index is 2.19. The van der Waals surface area contributed by atoms with Crippen molar-refractivity contribution in [2.24, 2.45) is 0 Å². The number of hydrogen-bond acceptors (Lipinski definition) is 3. The standard InChI is InChI=1S/C14H18N2O3/c1-15-13(17)11-7-8-12(14(18)19)16(11)9-10-5-3-2-4-6-10/h2-6,11-12H,7-9H2,1H3,(H,15,17)(H,18,19)/t11-,12+/m1/s1. The summed E-state index contributed by atoms with van der Waals surface area (Å²) >= 11 is 0. The molecule has 0 unspecified atom stereocenters. The molecule has 0 spiro atoms. The number of carbonyl (C=O) groups is 2. The quantitative estimate of drug-likeness (QED) is 0.844. The third-order valence-electron chi connectivity index (χ3n) is 3.56. The average Bonchev–Trinajstić information content (AvgIpc) is 2.83. The van der Waals surface area contributed by atoms with Gasteiger partial charge >= 0.3 is 5.97 Å². The van der Waals surface area contributed by atoms with Gasteiger partial charge in [0.25, 0.3) is 0 Å². The van der Waals surface area contributed by atoms with Crippen LogP contribution in [0.25, 0.3) is 0 Å². The summed E-state index contributed by atoms with van der Waals surface area (Å²) in [4.78, 5) is 24.9. The monoisotopic (exact) mass is 262 g/mol. The molecule has 1 heterocycles. The highest BCUT2D eigenvalue weighted by Gasteiger charge is 2.40. The van der Waals surface area contributed by atoms with Crippen LogP contribution in [0.3, 0.4) is 0 Å². The Hall–Kier alpha value is -1.88. The molecule has 0 aromatic heterocycles. The molecule has 5 heteroatoms. The van der Waals surface area contributed by atoms with Crippen LogP contribution < -0.4 is 5.32 Å². The third kappa shape index (κ3) is 2.93. The number of carbonyl (C=O) groups excluding carboxylic acids is 1. The maximum atomic E-state index is 11.8. The molecule has 1 fully saturated rings. The maximum Gasteiger partial charge on any atom is 0.320 e. The van der Waals surface area contributed by atoms with E-state index in [0.29, 0.717) is 19.4 Å². The number of benzene rings is 1. The van der Waals surface area contributed by atoms with Gasteiger partial charge in [-0.2, -0.15) is 0 Å². The van der Waals surface area contributed by atoms with Gasteiger partial charge in [-0.25, -0.2) is 0 Å². The predicted octanol–water partition coefficient (Wildman–Crippen LogP) is 0.850. The summed E-state index contributed by atoms with van der Waals surface area (Å²) in [5.41, 5.74) is 1.02. The number of hydrogen-bond donors (Lipinski definition) is 2. The largest absolute Gasteiger partial charge is 0.480 e. The Morgan fingerprint density at radius 1 is 1.26 bits per heavy atom. The minimum absolute atomic E-state index is 0.111. The molecule has 1 aromatic carbocycles. The fraction of sp³-hybridized carbons (Fsp3) is 0.429. The zero-order valence-electron chi connectivity index (χ0n) is 10.9. The van der Waals surface area contributed by atoms with Gasteiger partial charge in [0.15, 0.2) is 0 Å². The summed E-state index contributed by atoms with van der Waals surface area (Å²) in [6.07, 6.45) is 1.10. The zero-order chi connectivity index (χ0) is 13.8. The van der Waals surface area contributed by atoms with Gasteiger partial charge in [-0.1, -0.05) is 30.3 Å². The van der Waals surface area contributed by atoms with Crippen molar-refractivity contribution in [3.05, 3.63) is 35.9 Å². The number of rotatable bonds is 4. The highest BCUT2D eigenvalue weighted by molar-refractivity contribution is 5.84. The first kappa shape index (κ1) is 13.5. The molecular weight excluding hydrogens is 244 g/mol. The van der Waals surface area contributed by atoms with Gasteiger partial charge in [-0.3, -0.25) is 14.5 Å². The number of carboxylic acid groups (broad SMARTS) is 1. The molecule has 102 valence electrons. The number of amides is 1. The highest BCUT2D eigenvalue weighted by Crippen LogP contribution is 2.26. The summed E-state index contributed by atoms with van der Waals surface area (Å²) in [5.74, 6) is -0.970. The molecule has 1 aliphatic heterocycles. The number of likely N-dealkylation sites (N-methyl/N-ethyl adjacent to an activating group) is 1. The first-order valence-corrected chi connectivity index (χ1v) is 6.37. The van der Waals surface area contributed by atoms with E-state index in [1.807, 2.05) is 30.3 Å². The van der Waals surface area contributed by atoms with Crippen LogP contribution in [0, 0.1) is 0 Å². The van der Waals surface area contributed by atoms with E-state index >= 15 is 0 Å². The Labute approximate surface area is 112 Å². The zero-order valence-corrected chi connectivity index (χ0v) is 10.9. The number of aliphatic carboxylic acids is 1. The van der Waals surface area contributed by atoms with Crippen LogP contribution in [0.1, 0.15) is 18.4 Å². The lowest BCUT2D eigenvalue weighted by Crippen LogP contribution is -2.46. The van der Waals surface area contributed by atoms with E-state index in [9.17, 15) is 14.7 Å². The molecule has 1 aliphatic rings. The minimum Gasteiger partial charge on any atom is -0.480 e.